The molecule has 2 saturated heterocycles. The van der Waals surface area contributed by atoms with Gasteiger partial charge in [-0.1, -0.05) is 18.5 Å². The van der Waals surface area contributed by atoms with Gasteiger partial charge in [0.15, 0.2) is 5.83 Å². The van der Waals surface area contributed by atoms with Crippen LogP contribution in [0.25, 0.3) is 10.9 Å². The fourth-order valence-electron chi connectivity index (χ4n) is 5.12. The van der Waals surface area contributed by atoms with Crippen molar-refractivity contribution in [3.63, 3.8) is 0 Å². The number of carbonyl (C=O) groups is 1. The lowest BCUT2D eigenvalue weighted by Crippen LogP contribution is -2.25. The summed E-state index contributed by atoms with van der Waals surface area (Å²) in [6.45, 7) is 5.30. The molecule has 2 aliphatic heterocycles. The fourth-order valence-corrected chi connectivity index (χ4v) is 5.30. The summed E-state index contributed by atoms with van der Waals surface area (Å²) in [5, 5.41) is 15.2. The van der Waals surface area contributed by atoms with Gasteiger partial charge in [-0.25, -0.2) is 18.7 Å². The third-order valence-corrected chi connectivity index (χ3v) is 7.74. The zero-order chi connectivity index (χ0) is 30.3. The van der Waals surface area contributed by atoms with Crippen LogP contribution in [0, 0.1) is 17.7 Å². The molecule has 0 aliphatic carbocycles. The maximum Gasteiger partial charge on any atom is 0.284 e. The van der Waals surface area contributed by atoms with E-state index in [1.807, 2.05) is 11.8 Å². The number of likely N-dealkylation sites (tertiary alicyclic amines) is 1. The van der Waals surface area contributed by atoms with Crippen LogP contribution in [0.3, 0.4) is 0 Å². The highest BCUT2D eigenvalue weighted by Gasteiger charge is 2.30. The number of halogens is 3. The number of hydrogen-bond donors (Lipinski definition) is 3. The molecule has 0 radical (unpaired) electrons. The van der Waals surface area contributed by atoms with E-state index in [2.05, 4.69) is 20.6 Å². The van der Waals surface area contributed by atoms with Gasteiger partial charge in [0.25, 0.3) is 5.91 Å². The molecule has 2 fully saturated rings. The third-order valence-electron chi connectivity index (χ3n) is 7.45. The van der Waals surface area contributed by atoms with Crippen LogP contribution in [0.4, 0.5) is 26.0 Å². The zero-order valence-electron chi connectivity index (χ0n) is 23.7. The summed E-state index contributed by atoms with van der Waals surface area (Å²) in [4.78, 5) is 23.6. The van der Waals surface area contributed by atoms with Crippen molar-refractivity contribution in [1.82, 2.24) is 14.9 Å². The molecule has 0 spiro atoms. The summed E-state index contributed by atoms with van der Waals surface area (Å²) < 4.78 is 45.9. The number of rotatable bonds is 12. The van der Waals surface area contributed by atoms with E-state index in [1.54, 1.807) is 12.1 Å². The number of aliphatic hydroxyl groups excluding tert-OH is 1. The topological polar surface area (TPSA) is 118 Å². The average Bonchev–Trinajstić information content (AvgIpc) is 3.65. The Morgan fingerprint density at radius 1 is 1.28 bits per heavy atom. The van der Waals surface area contributed by atoms with Gasteiger partial charge in [-0.2, -0.15) is 0 Å². The predicted molar refractivity (Wildman–Crippen MR) is 159 cm³/mol. The Kier molecular flexibility index (Phi) is 10.4. The molecule has 13 heteroatoms. The number of anilines is 3. The van der Waals surface area contributed by atoms with Crippen molar-refractivity contribution in [3.8, 4) is 5.75 Å². The number of nitrogens with one attached hydrogen (secondary N) is 2. The number of hydrogen-bond acceptors (Lipinski definition) is 9. The minimum atomic E-state index is -0.939. The van der Waals surface area contributed by atoms with Crippen LogP contribution in [0.5, 0.6) is 5.75 Å². The third kappa shape index (κ3) is 7.95. The highest BCUT2D eigenvalue weighted by molar-refractivity contribution is 6.31. The maximum atomic E-state index is 15.1. The Morgan fingerprint density at radius 3 is 2.91 bits per heavy atom. The molecule has 3 unspecified atom stereocenters. The predicted octanol–water partition coefficient (Wildman–Crippen LogP) is 4.70. The molecule has 43 heavy (non-hydrogen) atoms. The van der Waals surface area contributed by atoms with E-state index in [0.717, 1.165) is 6.42 Å². The van der Waals surface area contributed by atoms with E-state index in [4.69, 9.17) is 30.9 Å². The smallest absolute Gasteiger partial charge is 0.284 e. The first-order chi connectivity index (χ1) is 20.8. The van der Waals surface area contributed by atoms with Crippen molar-refractivity contribution in [2.75, 3.05) is 63.3 Å². The van der Waals surface area contributed by atoms with E-state index in [-0.39, 0.29) is 48.4 Å². The van der Waals surface area contributed by atoms with E-state index < -0.39 is 17.6 Å². The van der Waals surface area contributed by atoms with Crippen molar-refractivity contribution in [2.24, 2.45) is 11.8 Å². The molecular weight excluding hydrogens is 584 g/mol. The first-order valence-corrected chi connectivity index (χ1v) is 14.5. The Labute approximate surface area is 253 Å². The van der Waals surface area contributed by atoms with Gasteiger partial charge in [0, 0.05) is 49.3 Å². The molecular formula is C30H34ClF2N5O5. The van der Waals surface area contributed by atoms with Crippen LogP contribution in [-0.2, 0) is 14.3 Å². The summed E-state index contributed by atoms with van der Waals surface area (Å²) >= 11 is 5.94. The van der Waals surface area contributed by atoms with Gasteiger partial charge < -0.3 is 30.0 Å². The highest BCUT2D eigenvalue weighted by Crippen LogP contribution is 2.35. The summed E-state index contributed by atoms with van der Waals surface area (Å²) in [5.74, 6) is -1.31. The number of carbonyl (C=O) groups excluding carboxylic acids is 1. The summed E-state index contributed by atoms with van der Waals surface area (Å²) in [6.07, 6.45) is 3.40. The lowest BCUT2D eigenvalue weighted by molar-refractivity contribution is -0.114. The molecule has 230 valence electrons. The molecule has 0 saturated carbocycles. The van der Waals surface area contributed by atoms with Crippen molar-refractivity contribution >= 4 is 45.6 Å². The molecule has 3 N–H and O–H groups in total. The summed E-state index contributed by atoms with van der Waals surface area (Å²) in [6, 6.07) is 7.45. The number of fused-ring (bicyclic) bond motifs is 1. The Hall–Kier alpha value is -3.42. The molecule has 2 aliphatic rings. The van der Waals surface area contributed by atoms with Gasteiger partial charge in [-0.05, 0) is 42.7 Å². The average molecular weight is 618 g/mol. The van der Waals surface area contributed by atoms with E-state index >= 15 is 4.39 Å². The molecule has 10 nitrogen and oxygen atoms in total. The monoisotopic (exact) mass is 617 g/mol. The molecule has 1 aromatic heterocycles. The maximum absolute atomic E-state index is 15.1. The summed E-state index contributed by atoms with van der Waals surface area (Å²) in [7, 11) is 0. The number of nitrogens with zero attached hydrogens (tertiary/aromatic N) is 3. The molecule has 2 aromatic carbocycles. The normalized spacial score (nSPS) is 21.0. The van der Waals surface area contributed by atoms with Gasteiger partial charge in [-0.3, -0.25) is 9.69 Å². The Bertz CT molecular complexity index is 1470. The summed E-state index contributed by atoms with van der Waals surface area (Å²) in [5.41, 5.74) is 1.24. The van der Waals surface area contributed by atoms with Gasteiger partial charge in [0.1, 0.15) is 23.7 Å². The number of benzene rings is 2. The first kappa shape index (κ1) is 31.0. The van der Waals surface area contributed by atoms with Crippen molar-refractivity contribution < 1.29 is 32.9 Å². The van der Waals surface area contributed by atoms with E-state index in [1.165, 1.54) is 30.6 Å². The number of aromatic nitrogens is 2. The minimum Gasteiger partial charge on any atom is -0.491 e. The highest BCUT2D eigenvalue weighted by atomic mass is 35.5. The molecule has 5 rings (SSSR count). The Morgan fingerprint density at radius 2 is 2.14 bits per heavy atom. The van der Waals surface area contributed by atoms with Crippen molar-refractivity contribution in [1.29, 1.82) is 0 Å². The molecule has 3 atom stereocenters. The first-order valence-electron chi connectivity index (χ1n) is 14.1. The molecule has 0 bridgehead atoms. The van der Waals surface area contributed by atoms with Crippen LogP contribution in [0.2, 0.25) is 5.02 Å². The molecule has 3 aromatic rings. The van der Waals surface area contributed by atoms with E-state index in [9.17, 15) is 9.18 Å². The second kappa shape index (κ2) is 14.4. The van der Waals surface area contributed by atoms with E-state index in [0.29, 0.717) is 61.1 Å². The quantitative estimate of drug-likeness (QED) is 0.249. The van der Waals surface area contributed by atoms with Crippen LogP contribution in [-0.4, -0.2) is 84.7 Å². The van der Waals surface area contributed by atoms with Gasteiger partial charge in [0.2, 0.25) is 0 Å². The van der Waals surface area contributed by atoms with Crippen LogP contribution in [0.1, 0.15) is 13.3 Å². The van der Waals surface area contributed by atoms with Gasteiger partial charge >= 0.3 is 0 Å². The number of ether oxygens (including phenoxy) is 3. The van der Waals surface area contributed by atoms with Crippen molar-refractivity contribution in [2.45, 2.75) is 19.4 Å². The molecule has 1 amide bonds. The van der Waals surface area contributed by atoms with Gasteiger partial charge in [0.05, 0.1) is 48.8 Å². The second-order valence-corrected chi connectivity index (χ2v) is 11.1. The zero-order valence-corrected chi connectivity index (χ0v) is 24.4. The van der Waals surface area contributed by atoms with Crippen LogP contribution in [0.15, 0.2) is 48.6 Å². The minimum absolute atomic E-state index is 0.0539. The van der Waals surface area contributed by atoms with Gasteiger partial charge in [-0.15, -0.1) is 0 Å². The standard InChI is InChI=1S/C30H34ClF2N5O5/c1-18-13-38(14-28(18)42-9-7-39)6-4-24(33)30(40)37-26-11-21-25(12-27(26)43-16-19-5-8-41-15-19)34-17-35-29(21)36-20-2-3-23(32)22(31)10-20/h2-4,10-12,17-19,28,39H,5-9,13-16H2,1H3,(H,37,40)(H,34,35,36). The van der Waals surface area contributed by atoms with Crippen LogP contribution < -0.4 is 15.4 Å². The molecule has 3 heterocycles. The second-order valence-electron chi connectivity index (χ2n) is 10.7. The SMILES string of the molecule is CC1CN(CC=C(F)C(=O)Nc2cc3c(Nc4ccc(F)c(Cl)c4)ncnc3cc2OCC2CCOC2)CC1OCCO. The Balaban J connectivity index is 1.36. The number of aliphatic hydroxyl groups is 1. The fraction of sp³-hybridized carbons (Fsp3) is 0.433. The van der Waals surface area contributed by atoms with Crippen LogP contribution >= 0.6 is 11.6 Å². The lowest BCUT2D eigenvalue weighted by Gasteiger charge is -2.17. The lowest BCUT2D eigenvalue weighted by atomic mass is 10.1. The number of amides is 1. The van der Waals surface area contributed by atoms with Crippen molar-refractivity contribution in [3.05, 3.63) is 59.4 Å². The largest absolute Gasteiger partial charge is 0.491 e.